The normalized spacial score (nSPS) is 12.6. The van der Waals surface area contributed by atoms with Crippen molar-refractivity contribution in [2.45, 2.75) is 26.2 Å². The summed E-state index contributed by atoms with van der Waals surface area (Å²) in [6, 6.07) is 10.2. The second kappa shape index (κ2) is 7.66. The van der Waals surface area contributed by atoms with Gasteiger partial charge in [0, 0.05) is 13.0 Å². The highest BCUT2D eigenvalue weighted by Crippen LogP contribution is 2.13. The first kappa shape index (κ1) is 13.5. The van der Waals surface area contributed by atoms with Crippen molar-refractivity contribution in [2.24, 2.45) is 5.92 Å². The van der Waals surface area contributed by atoms with Gasteiger partial charge in [-0.3, -0.25) is 4.79 Å². The van der Waals surface area contributed by atoms with Crippen molar-refractivity contribution in [1.82, 2.24) is 5.32 Å². The molecule has 1 atom stereocenters. The minimum Gasteiger partial charge on any atom is -0.359 e. The number of hydrogen-bond acceptors (Lipinski definition) is 1. The molecule has 92 valence electrons. The number of allylic oxidation sites excluding steroid dienone is 1. The summed E-state index contributed by atoms with van der Waals surface area (Å²) < 4.78 is 0. The summed E-state index contributed by atoms with van der Waals surface area (Å²) in [7, 11) is 1.70. The van der Waals surface area contributed by atoms with E-state index in [4.69, 9.17) is 0 Å². The average molecular weight is 231 g/mol. The third-order valence-corrected chi connectivity index (χ3v) is 2.78. The highest BCUT2D eigenvalue weighted by Gasteiger charge is 2.13. The fourth-order valence-electron chi connectivity index (χ4n) is 1.84. The van der Waals surface area contributed by atoms with E-state index in [1.807, 2.05) is 18.2 Å². The van der Waals surface area contributed by atoms with Gasteiger partial charge in [0.2, 0.25) is 5.91 Å². The number of nitrogens with one attached hydrogen (secondary N) is 1. The Labute approximate surface area is 104 Å². The van der Waals surface area contributed by atoms with Crippen LogP contribution in [0.4, 0.5) is 0 Å². The molecule has 2 nitrogen and oxygen atoms in total. The smallest absolute Gasteiger partial charge is 0.223 e. The van der Waals surface area contributed by atoms with Crippen molar-refractivity contribution in [3.8, 4) is 0 Å². The molecule has 1 N–H and O–H groups in total. The fraction of sp³-hybridized carbons (Fsp3) is 0.400. The molecule has 0 aliphatic carbocycles. The van der Waals surface area contributed by atoms with Gasteiger partial charge in [-0.1, -0.05) is 55.8 Å². The van der Waals surface area contributed by atoms with Gasteiger partial charge in [-0.15, -0.1) is 0 Å². The summed E-state index contributed by atoms with van der Waals surface area (Å²) in [5, 5.41) is 2.73. The summed E-state index contributed by atoms with van der Waals surface area (Å²) in [6.07, 6.45) is 6.95. The Morgan fingerprint density at radius 3 is 2.65 bits per heavy atom. The number of amides is 1. The monoisotopic (exact) mass is 231 g/mol. The summed E-state index contributed by atoms with van der Waals surface area (Å²) in [5.74, 6) is 0.245. The van der Waals surface area contributed by atoms with E-state index in [2.05, 4.69) is 36.5 Å². The third kappa shape index (κ3) is 4.85. The van der Waals surface area contributed by atoms with Crippen molar-refractivity contribution >= 4 is 12.0 Å². The Morgan fingerprint density at radius 1 is 1.35 bits per heavy atom. The summed E-state index contributed by atoms with van der Waals surface area (Å²) in [6.45, 7) is 2.11. The predicted octanol–water partition coefficient (Wildman–Crippen LogP) is 3.25. The molecule has 17 heavy (non-hydrogen) atoms. The highest BCUT2D eigenvalue weighted by atomic mass is 16.1. The van der Waals surface area contributed by atoms with E-state index in [-0.39, 0.29) is 11.8 Å². The fourth-order valence-corrected chi connectivity index (χ4v) is 1.84. The van der Waals surface area contributed by atoms with E-state index in [0.29, 0.717) is 0 Å². The molecule has 0 aliphatic heterocycles. The van der Waals surface area contributed by atoms with Crippen LogP contribution in [0.3, 0.4) is 0 Å². The SMILES string of the molecule is CCC[C@H](CC=Cc1ccccc1)C(=O)NC. The van der Waals surface area contributed by atoms with E-state index >= 15 is 0 Å². The van der Waals surface area contributed by atoms with Gasteiger partial charge in [-0.2, -0.15) is 0 Å². The topological polar surface area (TPSA) is 29.1 Å². The van der Waals surface area contributed by atoms with Crippen LogP contribution in [0, 0.1) is 5.92 Å². The molecule has 0 unspecified atom stereocenters. The van der Waals surface area contributed by atoms with Crippen molar-refractivity contribution < 1.29 is 4.79 Å². The molecule has 0 aliphatic rings. The van der Waals surface area contributed by atoms with E-state index in [0.717, 1.165) is 19.3 Å². The summed E-state index contributed by atoms with van der Waals surface area (Å²) in [4.78, 5) is 11.6. The number of carbonyl (C=O) groups is 1. The molecular weight excluding hydrogens is 210 g/mol. The molecule has 1 aromatic carbocycles. The molecule has 1 rings (SSSR count). The molecule has 1 aromatic rings. The lowest BCUT2D eigenvalue weighted by molar-refractivity contribution is -0.124. The minimum absolute atomic E-state index is 0.102. The van der Waals surface area contributed by atoms with Gasteiger partial charge in [-0.25, -0.2) is 0 Å². The third-order valence-electron chi connectivity index (χ3n) is 2.78. The van der Waals surface area contributed by atoms with Gasteiger partial charge in [0.25, 0.3) is 0 Å². The number of rotatable bonds is 6. The maximum absolute atomic E-state index is 11.6. The average Bonchev–Trinajstić information content (AvgIpc) is 2.38. The Balaban J connectivity index is 2.51. The van der Waals surface area contributed by atoms with Crippen LogP contribution >= 0.6 is 0 Å². The second-order valence-electron chi connectivity index (χ2n) is 4.15. The lowest BCUT2D eigenvalue weighted by Gasteiger charge is -2.11. The summed E-state index contributed by atoms with van der Waals surface area (Å²) >= 11 is 0. The van der Waals surface area contributed by atoms with Gasteiger partial charge in [0.05, 0.1) is 0 Å². The molecular formula is C15H21NO. The zero-order valence-electron chi connectivity index (χ0n) is 10.6. The molecule has 0 saturated heterocycles. The molecule has 0 aromatic heterocycles. The zero-order chi connectivity index (χ0) is 12.5. The molecule has 0 saturated carbocycles. The van der Waals surface area contributed by atoms with Crippen LogP contribution in [-0.4, -0.2) is 13.0 Å². The molecule has 1 amide bonds. The van der Waals surface area contributed by atoms with E-state index < -0.39 is 0 Å². The Hall–Kier alpha value is -1.57. The summed E-state index contributed by atoms with van der Waals surface area (Å²) in [5.41, 5.74) is 1.18. The van der Waals surface area contributed by atoms with Crippen LogP contribution in [0.15, 0.2) is 36.4 Å². The second-order valence-corrected chi connectivity index (χ2v) is 4.15. The maximum Gasteiger partial charge on any atom is 0.223 e. The minimum atomic E-state index is 0.102. The number of carbonyl (C=O) groups excluding carboxylic acids is 1. The van der Waals surface area contributed by atoms with Crippen LogP contribution in [-0.2, 0) is 4.79 Å². The highest BCUT2D eigenvalue weighted by molar-refractivity contribution is 5.78. The first-order chi connectivity index (χ1) is 8.27. The predicted molar refractivity (Wildman–Crippen MR) is 72.6 cm³/mol. The Bertz CT molecular complexity index is 356. The van der Waals surface area contributed by atoms with Gasteiger partial charge in [0.1, 0.15) is 0 Å². The first-order valence-electron chi connectivity index (χ1n) is 6.21. The zero-order valence-corrected chi connectivity index (χ0v) is 10.6. The Morgan fingerprint density at radius 2 is 2.06 bits per heavy atom. The molecule has 0 fully saturated rings. The standard InChI is InChI=1S/C15H21NO/c1-3-8-14(15(17)16-2)12-7-11-13-9-5-4-6-10-13/h4-7,9-11,14H,3,8,12H2,1-2H3,(H,16,17)/t14-/m1/s1. The maximum atomic E-state index is 11.6. The van der Waals surface area contributed by atoms with Gasteiger partial charge >= 0.3 is 0 Å². The quantitative estimate of drug-likeness (QED) is 0.800. The van der Waals surface area contributed by atoms with Crippen LogP contribution in [0.1, 0.15) is 31.7 Å². The van der Waals surface area contributed by atoms with E-state index in [9.17, 15) is 4.79 Å². The largest absolute Gasteiger partial charge is 0.359 e. The van der Waals surface area contributed by atoms with Crippen LogP contribution in [0.5, 0.6) is 0 Å². The van der Waals surface area contributed by atoms with Crippen molar-refractivity contribution in [3.63, 3.8) is 0 Å². The molecule has 2 heteroatoms. The van der Waals surface area contributed by atoms with Crippen molar-refractivity contribution in [2.75, 3.05) is 7.05 Å². The molecule has 0 bridgehead atoms. The molecule has 0 heterocycles. The lowest BCUT2D eigenvalue weighted by atomic mass is 9.98. The van der Waals surface area contributed by atoms with Crippen molar-refractivity contribution in [3.05, 3.63) is 42.0 Å². The lowest BCUT2D eigenvalue weighted by Crippen LogP contribution is -2.26. The van der Waals surface area contributed by atoms with Crippen molar-refractivity contribution in [1.29, 1.82) is 0 Å². The van der Waals surface area contributed by atoms with E-state index in [1.165, 1.54) is 5.56 Å². The van der Waals surface area contributed by atoms with E-state index in [1.54, 1.807) is 7.05 Å². The number of benzene rings is 1. The van der Waals surface area contributed by atoms with Gasteiger partial charge in [0.15, 0.2) is 0 Å². The first-order valence-corrected chi connectivity index (χ1v) is 6.21. The molecule has 0 radical (unpaired) electrons. The van der Waals surface area contributed by atoms with Gasteiger partial charge < -0.3 is 5.32 Å². The van der Waals surface area contributed by atoms with Crippen LogP contribution < -0.4 is 5.32 Å². The van der Waals surface area contributed by atoms with Crippen LogP contribution in [0.25, 0.3) is 6.08 Å². The van der Waals surface area contributed by atoms with Gasteiger partial charge in [-0.05, 0) is 18.4 Å². The molecule has 0 spiro atoms. The Kier molecular flexibility index (Phi) is 6.08. The number of hydrogen-bond donors (Lipinski definition) is 1. The van der Waals surface area contributed by atoms with Crippen LogP contribution in [0.2, 0.25) is 0 Å².